The maximum atomic E-state index is 12.1. The van der Waals surface area contributed by atoms with E-state index in [1.54, 1.807) is 12.1 Å². The van der Waals surface area contributed by atoms with Crippen molar-refractivity contribution in [3.8, 4) is 0 Å². The van der Waals surface area contributed by atoms with Crippen molar-refractivity contribution in [3.63, 3.8) is 0 Å². The van der Waals surface area contributed by atoms with Gasteiger partial charge in [-0.1, -0.05) is 34.0 Å². The molecule has 0 aromatic heterocycles. The first-order chi connectivity index (χ1) is 8.97. The largest absolute Gasteiger partial charge is 0.240 e. The van der Waals surface area contributed by atoms with Crippen LogP contribution in [0.5, 0.6) is 0 Å². The number of hydrogen-bond donors (Lipinski definition) is 1. The second kappa shape index (κ2) is 6.57. The zero-order chi connectivity index (χ0) is 13.9. The maximum absolute atomic E-state index is 12.1. The van der Waals surface area contributed by atoms with E-state index in [1.807, 2.05) is 0 Å². The lowest BCUT2D eigenvalue weighted by Gasteiger charge is -2.25. The Morgan fingerprint density at radius 1 is 1.26 bits per heavy atom. The summed E-state index contributed by atoms with van der Waals surface area (Å²) in [7, 11) is -3.42. The minimum atomic E-state index is -3.42. The normalized spacial score (nSPS) is 24.3. The fourth-order valence-electron chi connectivity index (χ4n) is 2.34. The Balaban J connectivity index is 1.96. The zero-order valence-electron chi connectivity index (χ0n) is 10.5. The van der Waals surface area contributed by atoms with Gasteiger partial charge in [0.15, 0.2) is 0 Å². The van der Waals surface area contributed by atoms with Gasteiger partial charge in [0, 0.05) is 16.4 Å². The van der Waals surface area contributed by atoms with Crippen LogP contribution >= 0.6 is 27.5 Å². The lowest BCUT2D eigenvalue weighted by atomic mass is 9.89. The first-order valence-electron chi connectivity index (χ1n) is 6.36. The van der Waals surface area contributed by atoms with Gasteiger partial charge in [-0.3, -0.25) is 0 Å². The SMILES string of the molecule is O=S(=O)(NCC1CCCC(Br)C1)c1ccc(Cl)cc1. The van der Waals surface area contributed by atoms with E-state index in [9.17, 15) is 8.42 Å². The van der Waals surface area contributed by atoms with E-state index in [4.69, 9.17) is 11.6 Å². The van der Waals surface area contributed by atoms with Crippen molar-refractivity contribution in [1.29, 1.82) is 0 Å². The molecule has 2 unspecified atom stereocenters. The average Bonchev–Trinajstić information content (AvgIpc) is 2.37. The molecule has 1 aliphatic rings. The molecule has 0 saturated heterocycles. The average molecular weight is 367 g/mol. The Kier molecular flexibility index (Phi) is 5.29. The van der Waals surface area contributed by atoms with Crippen molar-refractivity contribution >= 4 is 37.6 Å². The fraction of sp³-hybridized carbons (Fsp3) is 0.538. The van der Waals surface area contributed by atoms with Gasteiger partial charge in [-0.2, -0.15) is 0 Å². The summed E-state index contributed by atoms with van der Waals surface area (Å²) < 4.78 is 26.9. The minimum Gasteiger partial charge on any atom is -0.211 e. The summed E-state index contributed by atoms with van der Waals surface area (Å²) in [4.78, 5) is 0.786. The van der Waals surface area contributed by atoms with E-state index in [2.05, 4.69) is 20.7 Å². The molecule has 0 radical (unpaired) electrons. The van der Waals surface area contributed by atoms with Crippen LogP contribution < -0.4 is 4.72 Å². The van der Waals surface area contributed by atoms with E-state index >= 15 is 0 Å². The summed E-state index contributed by atoms with van der Waals surface area (Å²) in [5, 5.41) is 0.536. The Morgan fingerprint density at radius 2 is 1.95 bits per heavy atom. The van der Waals surface area contributed by atoms with Gasteiger partial charge < -0.3 is 0 Å². The molecule has 0 heterocycles. The molecule has 1 aliphatic carbocycles. The predicted molar refractivity (Wildman–Crippen MR) is 81.3 cm³/mol. The summed E-state index contributed by atoms with van der Waals surface area (Å²) in [6, 6.07) is 6.23. The summed E-state index contributed by atoms with van der Waals surface area (Å²) in [5.41, 5.74) is 0. The molecule has 1 saturated carbocycles. The second-order valence-corrected chi connectivity index (χ2v) is 8.43. The summed E-state index contributed by atoms with van der Waals surface area (Å²) in [6.07, 6.45) is 4.46. The summed E-state index contributed by atoms with van der Waals surface area (Å²) in [5.74, 6) is 0.417. The van der Waals surface area contributed by atoms with E-state index in [0.29, 0.717) is 22.3 Å². The molecular formula is C13H17BrClNO2S. The molecule has 0 amide bonds. The maximum Gasteiger partial charge on any atom is 0.240 e. The third kappa shape index (κ3) is 4.45. The first kappa shape index (κ1) is 15.3. The van der Waals surface area contributed by atoms with Crippen LogP contribution in [0.15, 0.2) is 29.2 Å². The first-order valence-corrected chi connectivity index (χ1v) is 9.14. The minimum absolute atomic E-state index is 0.267. The van der Waals surface area contributed by atoms with E-state index in [1.165, 1.54) is 18.6 Å². The van der Waals surface area contributed by atoms with Gasteiger partial charge >= 0.3 is 0 Å². The zero-order valence-corrected chi connectivity index (χ0v) is 13.6. The van der Waals surface area contributed by atoms with E-state index < -0.39 is 10.0 Å². The highest BCUT2D eigenvalue weighted by atomic mass is 79.9. The van der Waals surface area contributed by atoms with Crippen LogP contribution in [0.3, 0.4) is 0 Å². The number of benzene rings is 1. The van der Waals surface area contributed by atoms with Crippen LogP contribution in [0.25, 0.3) is 0 Å². The molecule has 2 atom stereocenters. The smallest absolute Gasteiger partial charge is 0.211 e. The Hall–Kier alpha value is -0.100. The third-order valence-corrected chi connectivity index (χ3v) is 5.93. The molecule has 1 fully saturated rings. The highest BCUT2D eigenvalue weighted by molar-refractivity contribution is 9.09. The van der Waals surface area contributed by atoms with Crippen LogP contribution in [-0.4, -0.2) is 19.8 Å². The lowest BCUT2D eigenvalue weighted by molar-refractivity contribution is 0.368. The van der Waals surface area contributed by atoms with Crippen molar-refractivity contribution in [2.45, 2.75) is 35.4 Å². The molecule has 6 heteroatoms. The Bertz CT molecular complexity index is 518. The molecule has 3 nitrogen and oxygen atoms in total. The molecule has 2 rings (SSSR count). The van der Waals surface area contributed by atoms with Gasteiger partial charge in [-0.25, -0.2) is 13.1 Å². The highest BCUT2D eigenvalue weighted by Gasteiger charge is 2.22. The highest BCUT2D eigenvalue weighted by Crippen LogP contribution is 2.28. The van der Waals surface area contributed by atoms with Crippen molar-refractivity contribution in [2.75, 3.05) is 6.54 Å². The number of nitrogens with one attached hydrogen (secondary N) is 1. The fourth-order valence-corrected chi connectivity index (χ4v) is 4.43. The third-order valence-electron chi connectivity index (χ3n) is 3.40. The molecule has 19 heavy (non-hydrogen) atoms. The van der Waals surface area contributed by atoms with E-state index in [-0.39, 0.29) is 4.90 Å². The van der Waals surface area contributed by atoms with Gasteiger partial charge in [0.05, 0.1) is 4.90 Å². The van der Waals surface area contributed by atoms with Crippen LogP contribution in [0, 0.1) is 5.92 Å². The molecule has 1 aromatic carbocycles. The number of alkyl halides is 1. The number of hydrogen-bond acceptors (Lipinski definition) is 2. The molecule has 106 valence electrons. The van der Waals surface area contributed by atoms with Crippen molar-refractivity contribution in [3.05, 3.63) is 29.3 Å². The molecule has 0 bridgehead atoms. The molecule has 0 spiro atoms. The van der Waals surface area contributed by atoms with Crippen LogP contribution in [0.4, 0.5) is 0 Å². The van der Waals surface area contributed by atoms with Gasteiger partial charge in [-0.15, -0.1) is 0 Å². The number of sulfonamides is 1. The standard InChI is InChI=1S/C13H17BrClNO2S/c14-11-3-1-2-10(8-11)9-16-19(17,18)13-6-4-12(15)5-7-13/h4-7,10-11,16H,1-3,8-9H2. The summed E-state index contributed by atoms with van der Waals surface area (Å²) >= 11 is 9.37. The van der Waals surface area contributed by atoms with Crippen molar-refractivity contribution < 1.29 is 8.42 Å². The quantitative estimate of drug-likeness (QED) is 0.828. The van der Waals surface area contributed by atoms with Crippen LogP contribution in [0.2, 0.25) is 5.02 Å². The van der Waals surface area contributed by atoms with Gasteiger partial charge in [0.25, 0.3) is 0 Å². The Morgan fingerprint density at radius 3 is 2.58 bits per heavy atom. The Labute approximate surface area is 127 Å². The topological polar surface area (TPSA) is 46.2 Å². The number of rotatable bonds is 4. The predicted octanol–water partition coefficient (Wildman–Crippen LogP) is 3.57. The van der Waals surface area contributed by atoms with Gasteiger partial charge in [-0.05, 0) is 49.4 Å². The second-order valence-electron chi connectivity index (χ2n) is 4.94. The van der Waals surface area contributed by atoms with Crippen LogP contribution in [-0.2, 0) is 10.0 Å². The van der Waals surface area contributed by atoms with Crippen molar-refractivity contribution in [2.24, 2.45) is 5.92 Å². The number of halogens is 2. The molecular weight excluding hydrogens is 350 g/mol. The monoisotopic (exact) mass is 365 g/mol. The van der Waals surface area contributed by atoms with Gasteiger partial charge in [0.1, 0.15) is 0 Å². The van der Waals surface area contributed by atoms with Gasteiger partial charge in [0.2, 0.25) is 10.0 Å². The van der Waals surface area contributed by atoms with Crippen molar-refractivity contribution in [1.82, 2.24) is 4.72 Å². The molecule has 0 aliphatic heterocycles. The summed E-state index contributed by atoms with van der Waals surface area (Å²) in [6.45, 7) is 0.507. The molecule has 1 N–H and O–H groups in total. The van der Waals surface area contributed by atoms with Crippen LogP contribution in [0.1, 0.15) is 25.7 Å². The lowest BCUT2D eigenvalue weighted by Crippen LogP contribution is -2.32. The van der Waals surface area contributed by atoms with E-state index in [0.717, 1.165) is 19.3 Å². The molecule has 1 aromatic rings.